The van der Waals surface area contributed by atoms with Gasteiger partial charge in [0, 0.05) is 29.6 Å². The Kier molecular flexibility index (Phi) is 4.83. The molecule has 5 heteroatoms. The van der Waals surface area contributed by atoms with E-state index in [1.165, 1.54) is 11.3 Å². The highest BCUT2D eigenvalue weighted by atomic mass is 35.5. The molecule has 0 saturated carbocycles. The van der Waals surface area contributed by atoms with Gasteiger partial charge in [-0.15, -0.1) is 11.3 Å². The fraction of sp³-hybridized carbons (Fsp3) is 0.333. The first-order chi connectivity index (χ1) is 11.1. The molecule has 1 aliphatic rings. The molecule has 1 saturated heterocycles. The van der Waals surface area contributed by atoms with Gasteiger partial charge in [0.2, 0.25) is 0 Å². The van der Waals surface area contributed by atoms with Gasteiger partial charge in [-0.05, 0) is 55.0 Å². The Morgan fingerprint density at radius 3 is 2.83 bits per heavy atom. The van der Waals surface area contributed by atoms with Crippen LogP contribution in [0.4, 0.5) is 0 Å². The molecule has 0 spiro atoms. The lowest BCUT2D eigenvalue weighted by Crippen LogP contribution is -2.42. The first-order valence-corrected chi connectivity index (χ1v) is 8.95. The number of thiophene rings is 1. The minimum atomic E-state index is -0.132. The summed E-state index contributed by atoms with van der Waals surface area (Å²) in [4.78, 5) is 27.8. The van der Waals surface area contributed by atoms with Crippen molar-refractivity contribution in [2.24, 2.45) is 5.92 Å². The predicted molar refractivity (Wildman–Crippen MR) is 93.5 cm³/mol. The van der Waals surface area contributed by atoms with Gasteiger partial charge in [0.15, 0.2) is 5.78 Å². The van der Waals surface area contributed by atoms with Crippen molar-refractivity contribution in [3.8, 4) is 0 Å². The summed E-state index contributed by atoms with van der Waals surface area (Å²) in [7, 11) is 0. The summed E-state index contributed by atoms with van der Waals surface area (Å²) in [6.45, 7) is 3.12. The van der Waals surface area contributed by atoms with Gasteiger partial charge in [0.1, 0.15) is 0 Å². The van der Waals surface area contributed by atoms with Gasteiger partial charge in [0.05, 0.1) is 4.88 Å². The summed E-state index contributed by atoms with van der Waals surface area (Å²) >= 11 is 7.41. The standard InChI is InChI=1S/C18H18ClNO2S/c1-12-10-14(19)6-7-15(12)17(21)13-4-2-8-20(11-13)18(22)16-5-3-9-23-16/h3,5-7,9-10,13H,2,4,8,11H2,1H3/t13-/m1/s1. The fourth-order valence-electron chi connectivity index (χ4n) is 3.06. The van der Waals surface area contributed by atoms with Crippen molar-refractivity contribution >= 4 is 34.6 Å². The van der Waals surface area contributed by atoms with E-state index in [2.05, 4.69) is 0 Å². The molecule has 0 aliphatic carbocycles. The molecule has 1 aromatic heterocycles. The minimum absolute atomic E-state index is 0.0327. The van der Waals surface area contributed by atoms with Gasteiger partial charge in [-0.3, -0.25) is 9.59 Å². The first-order valence-electron chi connectivity index (χ1n) is 7.69. The molecule has 2 heterocycles. The number of amides is 1. The molecular weight excluding hydrogens is 330 g/mol. The second kappa shape index (κ2) is 6.85. The normalized spacial score (nSPS) is 18.0. The van der Waals surface area contributed by atoms with Crippen molar-refractivity contribution in [1.29, 1.82) is 0 Å². The summed E-state index contributed by atoms with van der Waals surface area (Å²) in [5, 5.41) is 2.54. The Morgan fingerprint density at radius 2 is 2.13 bits per heavy atom. The minimum Gasteiger partial charge on any atom is -0.337 e. The first kappa shape index (κ1) is 16.2. The number of carbonyl (C=O) groups is 2. The van der Waals surface area contributed by atoms with Crippen molar-refractivity contribution in [3.63, 3.8) is 0 Å². The van der Waals surface area contributed by atoms with Crippen LogP contribution in [0.5, 0.6) is 0 Å². The summed E-state index contributed by atoms with van der Waals surface area (Å²) in [5.74, 6) is 0.0145. The number of ketones is 1. The zero-order valence-corrected chi connectivity index (χ0v) is 14.5. The molecular formula is C18H18ClNO2S. The highest BCUT2D eigenvalue weighted by Crippen LogP contribution is 2.25. The SMILES string of the molecule is Cc1cc(Cl)ccc1C(=O)[C@@H]1CCCN(C(=O)c2cccs2)C1. The van der Waals surface area contributed by atoms with Crippen molar-refractivity contribution in [3.05, 3.63) is 56.7 Å². The van der Waals surface area contributed by atoms with Crippen LogP contribution in [0.25, 0.3) is 0 Å². The molecule has 0 bridgehead atoms. The van der Waals surface area contributed by atoms with E-state index in [4.69, 9.17) is 11.6 Å². The van der Waals surface area contributed by atoms with Crippen LogP contribution in [-0.2, 0) is 0 Å². The van der Waals surface area contributed by atoms with Gasteiger partial charge >= 0.3 is 0 Å². The molecule has 1 aliphatic heterocycles. The Balaban J connectivity index is 1.75. The Bertz CT molecular complexity index is 727. The number of hydrogen-bond donors (Lipinski definition) is 0. The third-order valence-corrected chi connectivity index (χ3v) is 5.36. The number of likely N-dealkylation sites (tertiary alicyclic amines) is 1. The van der Waals surface area contributed by atoms with Gasteiger partial charge in [-0.1, -0.05) is 17.7 Å². The highest BCUT2D eigenvalue weighted by molar-refractivity contribution is 7.12. The predicted octanol–water partition coefficient (Wildman–Crippen LogP) is 4.45. The molecule has 1 amide bonds. The van der Waals surface area contributed by atoms with E-state index in [9.17, 15) is 9.59 Å². The van der Waals surface area contributed by atoms with Crippen LogP contribution in [0.2, 0.25) is 5.02 Å². The topological polar surface area (TPSA) is 37.4 Å². The smallest absolute Gasteiger partial charge is 0.263 e. The number of hydrogen-bond acceptors (Lipinski definition) is 3. The third kappa shape index (κ3) is 3.48. The van der Waals surface area contributed by atoms with Crippen LogP contribution in [0.15, 0.2) is 35.7 Å². The molecule has 120 valence electrons. The number of carbonyl (C=O) groups excluding carboxylic acids is 2. The van der Waals surface area contributed by atoms with E-state index in [0.29, 0.717) is 17.1 Å². The quantitative estimate of drug-likeness (QED) is 0.769. The van der Waals surface area contributed by atoms with Crippen molar-refractivity contribution in [2.45, 2.75) is 19.8 Å². The monoisotopic (exact) mass is 347 g/mol. The summed E-state index contributed by atoms with van der Waals surface area (Å²) < 4.78 is 0. The molecule has 0 unspecified atom stereocenters. The van der Waals surface area contributed by atoms with Crippen molar-refractivity contribution < 1.29 is 9.59 Å². The lowest BCUT2D eigenvalue weighted by atomic mass is 9.88. The Labute approximate surface area is 144 Å². The summed E-state index contributed by atoms with van der Waals surface area (Å²) in [6, 6.07) is 9.06. The van der Waals surface area contributed by atoms with Gasteiger partial charge < -0.3 is 4.90 Å². The lowest BCUT2D eigenvalue weighted by molar-refractivity contribution is 0.0641. The maximum absolute atomic E-state index is 12.8. The number of benzene rings is 1. The molecule has 23 heavy (non-hydrogen) atoms. The van der Waals surface area contributed by atoms with E-state index in [1.54, 1.807) is 12.1 Å². The average Bonchev–Trinajstić information content (AvgIpc) is 3.08. The molecule has 0 radical (unpaired) electrons. The van der Waals surface area contributed by atoms with E-state index in [0.717, 1.165) is 29.8 Å². The molecule has 3 rings (SSSR count). The zero-order chi connectivity index (χ0) is 16.4. The molecule has 1 aromatic carbocycles. The van der Waals surface area contributed by atoms with Crippen LogP contribution in [0.1, 0.15) is 38.4 Å². The molecule has 1 fully saturated rings. The van der Waals surface area contributed by atoms with Crippen LogP contribution >= 0.6 is 22.9 Å². The van der Waals surface area contributed by atoms with E-state index in [-0.39, 0.29) is 17.6 Å². The van der Waals surface area contributed by atoms with E-state index >= 15 is 0 Å². The number of Topliss-reactive ketones (excluding diaryl/α,β-unsaturated/α-hetero) is 1. The van der Waals surface area contributed by atoms with Crippen LogP contribution < -0.4 is 0 Å². The van der Waals surface area contributed by atoms with E-state index < -0.39 is 0 Å². The van der Waals surface area contributed by atoms with Crippen LogP contribution in [0, 0.1) is 12.8 Å². The van der Waals surface area contributed by atoms with Crippen molar-refractivity contribution in [1.82, 2.24) is 4.90 Å². The lowest BCUT2D eigenvalue weighted by Gasteiger charge is -2.32. The highest BCUT2D eigenvalue weighted by Gasteiger charge is 2.30. The van der Waals surface area contributed by atoms with E-state index in [1.807, 2.05) is 35.4 Å². The fourth-order valence-corrected chi connectivity index (χ4v) is 3.97. The van der Waals surface area contributed by atoms with Gasteiger partial charge in [-0.2, -0.15) is 0 Å². The maximum Gasteiger partial charge on any atom is 0.263 e. The zero-order valence-electron chi connectivity index (χ0n) is 12.9. The molecule has 0 N–H and O–H groups in total. The Hall–Kier alpha value is -1.65. The average molecular weight is 348 g/mol. The number of aryl methyl sites for hydroxylation is 1. The number of nitrogens with zero attached hydrogens (tertiary/aromatic N) is 1. The van der Waals surface area contributed by atoms with Crippen LogP contribution in [0.3, 0.4) is 0 Å². The largest absolute Gasteiger partial charge is 0.337 e. The van der Waals surface area contributed by atoms with Gasteiger partial charge in [0.25, 0.3) is 5.91 Å². The molecule has 1 atom stereocenters. The summed E-state index contributed by atoms with van der Waals surface area (Å²) in [5.41, 5.74) is 1.61. The summed E-state index contributed by atoms with van der Waals surface area (Å²) in [6.07, 6.45) is 1.69. The number of piperidine rings is 1. The second-order valence-corrected chi connectivity index (χ2v) is 7.28. The second-order valence-electron chi connectivity index (χ2n) is 5.89. The molecule has 3 nitrogen and oxygen atoms in total. The molecule has 2 aromatic rings. The maximum atomic E-state index is 12.8. The number of rotatable bonds is 3. The van der Waals surface area contributed by atoms with Crippen LogP contribution in [-0.4, -0.2) is 29.7 Å². The van der Waals surface area contributed by atoms with Crippen molar-refractivity contribution in [2.75, 3.05) is 13.1 Å². The third-order valence-electron chi connectivity index (χ3n) is 4.27. The number of halogens is 1. The van der Waals surface area contributed by atoms with Gasteiger partial charge in [-0.25, -0.2) is 0 Å². The Morgan fingerprint density at radius 1 is 1.30 bits per heavy atom.